The van der Waals surface area contributed by atoms with Crippen LogP contribution < -0.4 is 0 Å². The molecule has 13 nitrogen and oxygen atoms in total. The summed E-state index contributed by atoms with van der Waals surface area (Å²) in [5.41, 5.74) is -0.713. The summed E-state index contributed by atoms with van der Waals surface area (Å²) in [6, 6.07) is 4.03. The third-order valence-electron chi connectivity index (χ3n) is 7.23. The van der Waals surface area contributed by atoms with Crippen LogP contribution in [0.5, 0.6) is 11.5 Å². The topological polar surface area (TPSA) is 208 Å². The number of rotatable bonds is 7. The summed E-state index contributed by atoms with van der Waals surface area (Å²) in [4.78, 5) is 12.4. The molecular formula is C24H28O13. The maximum atomic E-state index is 12.4. The number of carbonyl (C=O) groups is 1. The van der Waals surface area contributed by atoms with E-state index in [0.29, 0.717) is 5.56 Å². The van der Waals surface area contributed by atoms with Gasteiger partial charge in [-0.2, -0.15) is 0 Å². The molecule has 3 fully saturated rings. The quantitative estimate of drug-likeness (QED) is 0.0900. The Hall–Kier alpha value is -2.75. The van der Waals surface area contributed by atoms with Crippen molar-refractivity contribution in [3.8, 4) is 11.5 Å². The van der Waals surface area contributed by atoms with Gasteiger partial charge < -0.3 is 59.4 Å². The number of hydrogen-bond donors (Lipinski definition) is 7. The zero-order valence-electron chi connectivity index (χ0n) is 19.3. The van der Waals surface area contributed by atoms with Gasteiger partial charge in [0.2, 0.25) is 6.29 Å². The number of benzene rings is 1. The van der Waals surface area contributed by atoms with Crippen molar-refractivity contribution in [3.05, 3.63) is 42.2 Å². The molecule has 4 aliphatic rings. The van der Waals surface area contributed by atoms with E-state index < -0.39 is 79.2 Å². The van der Waals surface area contributed by atoms with Crippen LogP contribution in [0.4, 0.5) is 0 Å². The predicted molar refractivity (Wildman–Crippen MR) is 119 cm³/mol. The highest BCUT2D eigenvalue weighted by Crippen LogP contribution is 2.60. The Kier molecular flexibility index (Phi) is 6.89. The molecule has 5 rings (SSSR count). The Morgan fingerprint density at radius 1 is 1.03 bits per heavy atom. The van der Waals surface area contributed by atoms with E-state index in [4.69, 9.17) is 23.7 Å². The van der Waals surface area contributed by atoms with E-state index in [-0.39, 0.29) is 18.1 Å². The van der Waals surface area contributed by atoms with Crippen molar-refractivity contribution in [1.29, 1.82) is 0 Å². The van der Waals surface area contributed by atoms with Crippen LogP contribution >= 0.6 is 0 Å². The number of phenolic OH excluding ortho intramolecular Hbond substituents is 2. The van der Waals surface area contributed by atoms with Crippen LogP contribution in [-0.2, 0) is 28.5 Å². The van der Waals surface area contributed by atoms with Crippen LogP contribution in [0, 0.1) is 11.8 Å². The zero-order valence-corrected chi connectivity index (χ0v) is 19.3. The lowest BCUT2D eigenvalue weighted by atomic mass is 9.85. The molecule has 1 aromatic carbocycles. The van der Waals surface area contributed by atoms with Crippen molar-refractivity contribution in [2.45, 2.75) is 54.8 Å². The fourth-order valence-electron chi connectivity index (χ4n) is 5.19. The molecule has 3 aliphatic heterocycles. The lowest BCUT2D eigenvalue weighted by Gasteiger charge is -2.43. The molecule has 37 heavy (non-hydrogen) atoms. The summed E-state index contributed by atoms with van der Waals surface area (Å²) in [5, 5.41) is 69.5. The number of ether oxygens (including phenoxy) is 5. The van der Waals surface area contributed by atoms with Crippen molar-refractivity contribution in [2.24, 2.45) is 11.8 Å². The summed E-state index contributed by atoms with van der Waals surface area (Å²) in [5.74, 6) is -2.57. The third kappa shape index (κ3) is 4.57. The van der Waals surface area contributed by atoms with Crippen LogP contribution in [-0.4, -0.2) is 110 Å². The first-order valence-electron chi connectivity index (χ1n) is 11.7. The third-order valence-corrected chi connectivity index (χ3v) is 7.23. The number of hydrogen-bond acceptors (Lipinski definition) is 13. The molecule has 2 saturated heterocycles. The maximum Gasteiger partial charge on any atom is 0.330 e. The first kappa shape index (κ1) is 25.9. The minimum Gasteiger partial charge on any atom is -0.504 e. The average Bonchev–Trinajstić information content (AvgIpc) is 3.57. The predicted octanol–water partition coefficient (Wildman–Crippen LogP) is -1.91. The fraction of sp³-hybridized carbons (Fsp3) is 0.542. The Morgan fingerprint density at radius 2 is 1.81 bits per heavy atom. The second-order valence-corrected chi connectivity index (χ2v) is 9.44. The van der Waals surface area contributed by atoms with Crippen molar-refractivity contribution >= 4 is 12.0 Å². The van der Waals surface area contributed by atoms with Crippen LogP contribution in [0.2, 0.25) is 0 Å². The van der Waals surface area contributed by atoms with Crippen LogP contribution in [0.3, 0.4) is 0 Å². The minimum absolute atomic E-state index is 0.258. The minimum atomic E-state index is -1.66. The van der Waals surface area contributed by atoms with Gasteiger partial charge in [0.25, 0.3) is 0 Å². The molecule has 1 aromatic rings. The van der Waals surface area contributed by atoms with E-state index in [1.54, 1.807) is 6.08 Å². The number of fused-ring (bicyclic) bond motifs is 3. The van der Waals surface area contributed by atoms with Crippen molar-refractivity contribution < 1.29 is 64.2 Å². The number of esters is 1. The molecule has 7 N–H and O–H groups in total. The molecule has 0 unspecified atom stereocenters. The van der Waals surface area contributed by atoms with Crippen molar-refractivity contribution in [3.63, 3.8) is 0 Å². The molecule has 13 heteroatoms. The number of aromatic hydroxyl groups is 2. The largest absolute Gasteiger partial charge is 0.504 e. The lowest BCUT2D eigenvalue weighted by molar-refractivity contribution is -0.344. The molecule has 202 valence electrons. The van der Waals surface area contributed by atoms with E-state index in [2.05, 4.69) is 0 Å². The highest BCUT2D eigenvalue weighted by molar-refractivity contribution is 5.87. The van der Waals surface area contributed by atoms with E-state index in [1.165, 1.54) is 30.5 Å². The smallest absolute Gasteiger partial charge is 0.330 e. The number of phenols is 2. The molecule has 0 radical (unpaired) electrons. The second-order valence-electron chi connectivity index (χ2n) is 9.44. The van der Waals surface area contributed by atoms with Gasteiger partial charge in [-0.1, -0.05) is 6.07 Å². The highest BCUT2D eigenvalue weighted by atomic mass is 16.8. The Labute approximate surface area is 210 Å². The molecule has 0 bridgehead atoms. The van der Waals surface area contributed by atoms with Crippen LogP contribution in [0.1, 0.15) is 5.56 Å². The van der Waals surface area contributed by atoms with Gasteiger partial charge >= 0.3 is 5.97 Å². The molecule has 0 amide bonds. The van der Waals surface area contributed by atoms with Gasteiger partial charge in [-0.05, 0) is 29.8 Å². The summed E-state index contributed by atoms with van der Waals surface area (Å²) in [6.07, 6.45) is -4.88. The number of carbonyl (C=O) groups excluding carboxylic acids is 1. The molecule has 1 saturated carbocycles. The summed E-state index contributed by atoms with van der Waals surface area (Å²) >= 11 is 0. The van der Waals surface area contributed by atoms with E-state index in [0.717, 1.165) is 6.08 Å². The van der Waals surface area contributed by atoms with E-state index >= 15 is 0 Å². The van der Waals surface area contributed by atoms with Crippen molar-refractivity contribution in [1.82, 2.24) is 0 Å². The zero-order chi connectivity index (χ0) is 26.5. The van der Waals surface area contributed by atoms with Gasteiger partial charge in [0.15, 0.2) is 17.8 Å². The molecule has 0 aromatic heterocycles. The fourth-order valence-corrected chi connectivity index (χ4v) is 5.19. The van der Waals surface area contributed by atoms with Gasteiger partial charge in [0, 0.05) is 12.0 Å². The average molecular weight is 524 g/mol. The summed E-state index contributed by atoms with van der Waals surface area (Å²) < 4.78 is 27.9. The summed E-state index contributed by atoms with van der Waals surface area (Å²) in [6.45, 7) is -0.894. The maximum absolute atomic E-state index is 12.4. The SMILES string of the molecule is O=C(C=Cc1ccc(O)c(O)c1)OC[C@]12O[C@H]1[C@@H](O)[C@@H]1C=CO[C@@H](O[C@@H]3O[C@H](CO)[C@@H](O)[C@H](O)[C@H]3O)[C@@H]12. The normalized spacial score (nSPS) is 42.2. The number of aliphatic hydroxyl groups excluding tert-OH is 5. The van der Waals surface area contributed by atoms with Gasteiger partial charge in [-0.25, -0.2) is 4.79 Å². The van der Waals surface area contributed by atoms with E-state index in [9.17, 15) is 40.5 Å². The van der Waals surface area contributed by atoms with Gasteiger partial charge in [-0.3, -0.25) is 0 Å². The van der Waals surface area contributed by atoms with Gasteiger partial charge in [0.05, 0.1) is 24.9 Å². The highest BCUT2D eigenvalue weighted by Gasteiger charge is 2.76. The van der Waals surface area contributed by atoms with E-state index in [1.807, 2.05) is 0 Å². The molecule has 3 heterocycles. The Morgan fingerprint density at radius 3 is 2.54 bits per heavy atom. The first-order chi connectivity index (χ1) is 17.7. The second kappa shape index (κ2) is 9.85. The van der Waals surface area contributed by atoms with Crippen molar-refractivity contribution in [2.75, 3.05) is 13.2 Å². The monoisotopic (exact) mass is 524 g/mol. The molecule has 11 atom stereocenters. The standard InChI is InChI=1S/C24H28O13/c25-8-14-18(30)19(31)20(32)23(35-14)36-22-16-11(5-6-33-22)17(29)21-24(16,37-21)9-34-15(28)4-2-10-1-3-12(26)13(27)7-10/h1-7,11,14,16-23,25-27,29-32H,8-9H2/t11-,14-,16-,17+,18-,19+,20-,21+,22+,23+,24-/m1/s1. The van der Waals surface area contributed by atoms with Crippen LogP contribution in [0.15, 0.2) is 36.6 Å². The first-order valence-corrected chi connectivity index (χ1v) is 11.7. The lowest BCUT2D eigenvalue weighted by Crippen LogP contribution is -2.60. The molecule has 0 spiro atoms. The molecular weight excluding hydrogens is 496 g/mol. The Bertz CT molecular complexity index is 1070. The van der Waals surface area contributed by atoms with Gasteiger partial charge in [-0.15, -0.1) is 0 Å². The number of aliphatic hydroxyl groups is 5. The number of epoxide rings is 1. The molecule has 1 aliphatic carbocycles. The van der Waals surface area contributed by atoms with Gasteiger partial charge in [0.1, 0.15) is 42.7 Å². The van der Waals surface area contributed by atoms with Crippen LogP contribution in [0.25, 0.3) is 6.08 Å². The Balaban J connectivity index is 1.27. The summed E-state index contributed by atoms with van der Waals surface area (Å²) in [7, 11) is 0.